The summed E-state index contributed by atoms with van der Waals surface area (Å²) in [5.74, 6) is 0.752. The Morgan fingerprint density at radius 1 is 1.05 bits per heavy atom. The van der Waals surface area contributed by atoms with E-state index in [1.54, 1.807) is 0 Å². The molecule has 0 heterocycles. The van der Waals surface area contributed by atoms with E-state index in [4.69, 9.17) is 10.5 Å². The SMILES string of the molecule is CN(C)c1ccc(N)c(OCc2ccc3c(c2)CCC3)c1. The van der Waals surface area contributed by atoms with Gasteiger partial charge in [-0.25, -0.2) is 0 Å². The second-order valence-corrected chi connectivity index (χ2v) is 5.86. The molecule has 0 fully saturated rings. The van der Waals surface area contributed by atoms with Gasteiger partial charge in [0.1, 0.15) is 12.4 Å². The van der Waals surface area contributed by atoms with Crippen LogP contribution in [0.5, 0.6) is 5.75 Å². The highest BCUT2D eigenvalue weighted by molar-refractivity contribution is 5.61. The quantitative estimate of drug-likeness (QED) is 0.873. The minimum absolute atomic E-state index is 0.564. The minimum atomic E-state index is 0.564. The van der Waals surface area contributed by atoms with Gasteiger partial charge in [-0.05, 0) is 48.1 Å². The molecule has 0 atom stereocenters. The topological polar surface area (TPSA) is 38.5 Å². The lowest BCUT2D eigenvalue weighted by atomic mass is 10.1. The average molecular weight is 282 g/mol. The van der Waals surface area contributed by atoms with E-state index < -0.39 is 0 Å². The molecular formula is C18H22N2O. The van der Waals surface area contributed by atoms with E-state index in [0.717, 1.165) is 11.4 Å². The van der Waals surface area contributed by atoms with Crippen molar-refractivity contribution in [2.45, 2.75) is 25.9 Å². The Morgan fingerprint density at radius 2 is 1.86 bits per heavy atom. The van der Waals surface area contributed by atoms with E-state index >= 15 is 0 Å². The van der Waals surface area contributed by atoms with Crippen LogP contribution in [0.15, 0.2) is 36.4 Å². The summed E-state index contributed by atoms with van der Waals surface area (Å²) >= 11 is 0. The largest absolute Gasteiger partial charge is 0.487 e. The fourth-order valence-electron chi connectivity index (χ4n) is 2.80. The van der Waals surface area contributed by atoms with E-state index in [0.29, 0.717) is 12.3 Å². The van der Waals surface area contributed by atoms with Crippen LogP contribution in [0.25, 0.3) is 0 Å². The van der Waals surface area contributed by atoms with Gasteiger partial charge >= 0.3 is 0 Å². The molecule has 0 saturated carbocycles. The van der Waals surface area contributed by atoms with Crippen molar-refractivity contribution >= 4 is 11.4 Å². The van der Waals surface area contributed by atoms with Crippen molar-refractivity contribution in [1.29, 1.82) is 0 Å². The fraction of sp³-hybridized carbons (Fsp3) is 0.333. The number of benzene rings is 2. The molecule has 0 bridgehead atoms. The Balaban J connectivity index is 1.74. The summed E-state index contributed by atoms with van der Waals surface area (Å²) in [6.45, 7) is 0.564. The smallest absolute Gasteiger partial charge is 0.144 e. The third-order valence-electron chi connectivity index (χ3n) is 4.07. The van der Waals surface area contributed by atoms with Crippen LogP contribution < -0.4 is 15.4 Å². The number of hydrogen-bond acceptors (Lipinski definition) is 3. The summed E-state index contributed by atoms with van der Waals surface area (Å²) in [6, 6.07) is 12.6. The number of hydrogen-bond donors (Lipinski definition) is 1. The second kappa shape index (κ2) is 5.68. The molecule has 2 aromatic carbocycles. The monoisotopic (exact) mass is 282 g/mol. The Bertz CT molecular complexity index is 650. The van der Waals surface area contributed by atoms with Crippen molar-refractivity contribution in [3.8, 4) is 5.75 Å². The molecule has 0 aliphatic heterocycles. The second-order valence-electron chi connectivity index (χ2n) is 5.86. The van der Waals surface area contributed by atoms with Crippen LogP contribution in [0.1, 0.15) is 23.1 Å². The number of nitrogens with zero attached hydrogens (tertiary/aromatic N) is 1. The van der Waals surface area contributed by atoms with Crippen LogP contribution in [0, 0.1) is 0 Å². The third kappa shape index (κ3) is 2.97. The highest BCUT2D eigenvalue weighted by Gasteiger charge is 2.11. The Morgan fingerprint density at radius 3 is 2.67 bits per heavy atom. The predicted molar refractivity (Wildman–Crippen MR) is 88.0 cm³/mol. The van der Waals surface area contributed by atoms with E-state index in [1.807, 2.05) is 37.2 Å². The number of rotatable bonds is 4. The van der Waals surface area contributed by atoms with Gasteiger partial charge in [-0.3, -0.25) is 0 Å². The van der Waals surface area contributed by atoms with E-state index in [1.165, 1.54) is 36.0 Å². The number of ether oxygens (including phenoxy) is 1. The number of anilines is 2. The zero-order chi connectivity index (χ0) is 14.8. The molecule has 21 heavy (non-hydrogen) atoms. The van der Waals surface area contributed by atoms with Crippen LogP contribution in [0.3, 0.4) is 0 Å². The summed E-state index contributed by atoms with van der Waals surface area (Å²) in [5.41, 5.74) is 12.0. The van der Waals surface area contributed by atoms with Gasteiger partial charge in [-0.15, -0.1) is 0 Å². The lowest BCUT2D eigenvalue weighted by molar-refractivity contribution is 0.308. The Hall–Kier alpha value is -2.16. The first kappa shape index (κ1) is 13.8. The molecule has 3 rings (SSSR count). The lowest BCUT2D eigenvalue weighted by Gasteiger charge is -2.16. The molecule has 1 aliphatic carbocycles. The van der Waals surface area contributed by atoms with Crippen LogP contribution in [-0.4, -0.2) is 14.1 Å². The van der Waals surface area contributed by atoms with Crippen molar-refractivity contribution in [3.63, 3.8) is 0 Å². The van der Waals surface area contributed by atoms with Crippen molar-refractivity contribution in [1.82, 2.24) is 0 Å². The minimum Gasteiger partial charge on any atom is -0.487 e. The van der Waals surface area contributed by atoms with Gasteiger partial charge in [0.05, 0.1) is 5.69 Å². The van der Waals surface area contributed by atoms with Gasteiger partial charge in [-0.2, -0.15) is 0 Å². The first-order valence-corrected chi connectivity index (χ1v) is 7.44. The molecule has 0 spiro atoms. The molecule has 0 amide bonds. The van der Waals surface area contributed by atoms with Gasteiger partial charge in [0.25, 0.3) is 0 Å². The van der Waals surface area contributed by atoms with Crippen molar-refractivity contribution in [2.24, 2.45) is 0 Å². The molecule has 3 nitrogen and oxygen atoms in total. The number of nitrogens with two attached hydrogens (primary N) is 1. The highest BCUT2D eigenvalue weighted by atomic mass is 16.5. The first-order valence-electron chi connectivity index (χ1n) is 7.44. The number of fused-ring (bicyclic) bond motifs is 1. The summed E-state index contributed by atoms with van der Waals surface area (Å²) < 4.78 is 5.92. The van der Waals surface area contributed by atoms with Crippen molar-refractivity contribution in [3.05, 3.63) is 53.1 Å². The summed E-state index contributed by atoms with van der Waals surface area (Å²) in [5, 5.41) is 0. The van der Waals surface area contributed by atoms with Crippen molar-refractivity contribution in [2.75, 3.05) is 24.7 Å². The van der Waals surface area contributed by atoms with Gasteiger partial charge in [0.15, 0.2) is 0 Å². The maximum atomic E-state index is 6.00. The third-order valence-corrected chi connectivity index (χ3v) is 4.07. The van der Waals surface area contributed by atoms with Crippen LogP contribution in [0.2, 0.25) is 0 Å². The maximum Gasteiger partial charge on any atom is 0.144 e. The predicted octanol–water partition coefficient (Wildman–Crippen LogP) is 3.40. The van der Waals surface area contributed by atoms with Crippen LogP contribution in [0.4, 0.5) is 11.4 Å². The van der Waals surface area contributed by atoms with Crippen LogP contribution >= 0.6 is 0 Å². The standard InChI is InChI=1S/C18H22N2O/c1-20(2)16-8-9-17(19)18(11-16)21-12-13-6-7-14-4-3-5-15(14)10-13/h6-11H,3-5,12,19H2,1-2H3. The molecule has 2 N–H and O–H groups in total. The van der Waals surface area contributed by atoms with E-state index in [-0.39, 0.29) is 0 Å². The summed E-state index contributed by atoms with van der Waals surface area (Å²) in [6.07, 6.45) is 3.69. The number of aryl methyl sites for hydroxylation is 2. The molecule has 0 radical (unpaired) electrons. The summed E-state index contributed by atoms with van der Waals surface area (Å²) in [4.78, 5) is 2.04. The Kier molecular flexibility index (Phi) is 3.74. The molecular weight excluding hydrogens is 260 g/mol. The highest BCUT2D eigenvalue weighted by Crippen LogP contribution is 2.28. The maximum absolute atomic E-state index is 6.00. The zero-order valence-corrected chi connectivity index (χ0v) is 12.7. The van der Waals surface area contributed by atoms with Gasteiger partial charge in [0.2, 0.25) is 0 Å². The molecule has 3 heteroatoms. The van der Waals surface area contributed by atoms with Crippen molar-refractivity contribution < 1.29 is 4.74 Å². The molecule has 2 aromatic rings. The van der Waals surface area contributed by atoms with E-state index in [9.17, 15) is 0 Å². The van der Waals surface area contributed by atoms with Gasteiger partial charge in [-0.1, -0.05) is 18.2 Å². The zero-order valence-electron chi connectivity index (χ0n) is 12.7. The normalized spacial score (nSPS) is 13.0. The molecule has 1 aliphatic rings. The van der Waals surface area contributed by atoms with Gasteiger partial charge < -0.3 is 15.4 Å². The van der Waals surface area contributed by atoms with Crippen LogP contribution in [-0.2, 0) is 19.4 Å². The molecule has 0 unspecified atom stereocenters. The number of nitrogen functional groups attached to an aromatic ring is 1. The summed E-state index contributed by atoms with van der Waals surface area (Å²) in [7, 11) is 4.02. The molecule has 0 aromatic heterocycles. The average Bonchev–Trinajstić information content (AvgIpc) is 2.93. The Labute approximate surface area is 126 Å². The first-order chi connectivity index (χ1) is 10.1. The molecule has 110 valence electrons. The molecule has 0 saturated heterocycles. The lowest BCUT2D eigenvalue weighted by Crippen LogP contribution is -2.09. The fourth-order valence-corrected chi connectivity index (χ4v) is 2.80. The van der Waals surface area contributed by atoms with Gasteiger partial charge in [0, 0.05) is 25.8 Å². The van der Waals surface area contributed by atoms with E-state index in [2.05, 4.69) is 18.2 Å².